The zero-order valence-electron chi connectivity index (χ0n) is 7.10. The molecule has 1 amide bonds. The Morgan fingerprint density at radius 1 is 1.75 bits per heavy atom. The summed E-state index contributed by atoms with van der Waals surface area (Å²) in [6.07, 6.45) is 2.79. The molecule has 1 aliphatic carbocycles. The summed E-state index contributed by atoms with van der Waals surface area (Å²) in [4.78, 5) is 11.4. The molecule has 2 fully saturated rings. The van der Waals surface area contributed by atoms with Gasteiger partial charge in [0.25, 0.3) is 0 Å². The molecule has 0 radical (unpaired) electrons. The molecule has 3 nitrogen and oxygen atoms in total. The van der Waals surface area contributed by atoms with Gasteiger partial charge in [0.05, 0.1) is 0 Å². The Labute approximate surface area is 72.2 Å². The van der Waals surface area contributed by atoms with E-state index in [0.717, 1.165) is 19.5 Å². The van der Waals surface area contributed by atoms with E-state index in [1.165, 1.54) is 0 Å². The molecule has 0 aromatic carbocycles. The Kier molecular flexibility index (Phi) is 1.68. The van der Waals surface area contributed by atoms with Crippen LogP contribution in [0, 0.1) is 11.3 Å². The zero-order valence-corrected chi connectivity index (χ0v) is 7.10. The minimum absolute atomic E-state index is 0.205. The van der Waals surface area contributed by atoms with Crippen LogP contribution in [0.3, 0.4) is 0 Å². The Morgan fingerprint density at radius 2 is 2.50 bits per heavy atom. The van der Waals surface area contributed by atoms with Crippen molar-refractivity contribution >= 4 is 5.91 Å². The highest BCUT2D eigenvalue weighted by Crippen LogP contribution is 2.55. The fourth-order valence-electron chi connectivity index (χ4n) is 1.85. The average molecular weight is 166 g/mol. The van der Waals surface area contributed by atoms with Gasteiger partial charge in [0.1, 0.15) is 0 Å². The van der Waals surface area contributed by atoms with Crippen molar-refractivity contribution in [3.63, 3.8) is 0 Å². The van der Waals surface area contributed by atoms with Crippen LogP contribution in [0.4, 0.5) is 0 Å². The molecule has 2 rings (SSSR count). The summed E-state index contributed by atoms with van der Waals surface area (Å²) in [6, 6.07) is 0. The van der Waals surface area contributed by atoms with Gasteiger partial charge in [-0.15, -0.1) is 6.58 Å². The van der Waals surface area contributed by atoms with Crippen LogP contribution in [-0.4, -0.2) is 25.5 Å². The number of hydrogen-bond donors (Lipinski definition) is 2. The smallest absolute Gasteiger partial charge is 0.224 e. The van der Waals surface area contributed by atoms with Crippen molar-refractivity contribution in [2.45, 2.75) is 6.42 Å². The first-order valence-corrected chi connectivity index (χ1v) is 4.38. The SMILES string of the molecule is C=CCNC(=O)C1CC12CNC2. The van der Waals surface area contributed by atoms with Gasteiger partial charge in [-0.2, -0.15) is 0 Å². The van der Waals surface area contributed by atoms with Gasteiger partial charge in [-0.25, -0.2) is 0 Å². The Bertz CT molecular complexity index is 221. The summed E-state index contributed by atoms with van der Waals surface area (Å²) in [6.45, 7) is 6.21. The molecular formula is C9H14N2O. The molecule has 0 bridgehead atoms. The van der Waals surface area contributed by atoms with E-state index in [-0.39, 0.29) is 11.8 Å². The molecule has 3 heteroatoms. The first-order chi connectivity index (χ1) is 5.78. The van der Waals surface area contributed by atoms with Crippen LogP contribution in [0.5, 0.6) is 0 Å². The van der Waals surface area contributed by atoms with Crippen LogP contribution in [0.25, 0.3) is 0 Å². The van der Waals surface area contributed by atoms with Crippen LogP contribution in [-0.2, 0) is 4.79 Å². The quantitative estimate of drug-likeness (QED) is 0.575. The Balaban J connectivity index is 1.79. The largest absolute Gasteiger partial charge is 0.352 e. The maximum absolute atomic E-state index is 11.4. The molecule has 2 N–H and O–H groups in total. The highest BCUT2D eigenvalue weighted by Gasteiger charge is 2.61. The summed E-state index contributed by atoms with van der Waals surface area (Å²) in [5.74, 6) is 0.482. The van der Waals surface area contributed by atoms with Crippen LogP contribution >= 0.6 is 0 Å². The second kappa shape index (κ2) is 2.59. The number of nitrogens with one attached hydrogen (secondary N) is 2. The highest BCUT2D eigenvalue weighted by molar-refractivity contribution is 5.83. The number of hydrogen-bond acceptors (Lipinski definition) is 2. The van der Waals surface area contributed by atoms with Gasteiger partial charge in [-0.3, -0.25) is 4.79 Å². The molecule has 1 unspecified atom stereocenters. The van der Waals surface area contributed by atoms with Crippen LogP contribution in [0.2, 0.25) is 0 Å². The van der Waals surface area contributed by atoms with Gasteiger partial charge in [0.15, 0.2) is 0 Å². The molecule has 12 heavy (non-hydrogen) atoms. The number of amides is 1. The lowest BCUT2D eigenvalue weighted by atomic mass is 9.96. The summed E-state index contributed by atoms with van der Waals surface area (Å²) in [5.41, 5.74) is 0.352. The van der Waals surface area contributed by atoms with Crippen molar-refractivity contribution in [1.29, 1.82) is 0 Å². The third kappa shape index (κ3) is 1.05. The molecule has 2 aliphatic rings. The second-order valence-corrected chi connectivity index (χ2v) is 3.76. The topological polar surface area (TPSA) is 41.1 Å². The molecule has 0 aromatic heterocycles. The lowest BCUT2D eigenvalue weighted by molar-refractivity contribution is -0.123. The van der Waals surface area contributed by atoms with Crippen LogP contribution in [0.15, 0.2) is 12.7 Å². The first-order valence-electron chi connectivity index (χ1n) is 4.38. The molecule has 1 heterocycles. The summed E-state index contributed by atoms with van der Waals surface area (Å²) in [5, 5.41) is 6.04. The fraction of sp³-hybridized carbons (Fsp3) is 0.667. The maximum atomic E-state index is 11.4. The molecule has 0 aromatic rings. The van der Waals surface area contributed by atoms with Crippen molar-refractivity contribution in [2.75, 3.05) is 19.6 Å². The third-order valence-electron chi connectivity index (χ3n) is 2.88. The van der Waals surface area contributed by atoms with Crippen molar-refractivity contribution in [3.05, 3.63) is 12.7 Å². The highest BCUT2D eigenvalue weighted by atomic mass is 16.2. The van der Waals surface area contributed by atoms with E-state index in [2.05, 4.69) is 17.2 Å². The predicted molar refractivity (Wildman–Crippen MR) is 46.6 cm³/mol. The summed E-state index contributed by atoms with van der Waals surface area (Å²) < 4.78 is 0. The Hall–Kier alpha value is -0.830. The fourth-order valence-corrected chi connectivity index (χ4v) is 1.85. The molecular weight excluding hydrogens is 152 g/mol. The molecule has 1 aliphatic heterocycles. The minimum atomic E-state index is 0.205. The average Bonchev–Trinajstić information content (AvgIpc) is 2.73. The van der Waals surface area contributed by atoms with Crippen LogP contribution < -0.4 is 10.6 Å². The number of carbonyl (C=O) groups excluding carboxylic acids is 1. The molecule has 1 spiro atoms. The van der Waals surface area contributed by atoms with Gasteiger partial charge < -0.3 is 10.6 Å². The molecule has 1 saturated carbocycles. The maximum Gasteiger partial charge on any atom is 0.224 e. The van der Waals surface area contributed by atoms with E-state index < -0.39 is 0 Å². The summed E-state index contributed by atoms with van der Waals surface area (Å²) >= 11 is 0. The third-order valence-corrected chi connectivity index (χ3v) is 2.88. The number of carbonyl (C=O) groups is 1. The van der Waals surface area contributed by atoms with Gasteiger partial charge in [0, 0.05) is 31.0 Å². The van der Waals surface area contributed by atoms with Gasteiger partial charge >= 0.3 is 0 Å². The zero-order chi connectivity index (χ0) is 8.60. The van der Waals surface area contributed by atoms with E-state index in [4.69, 9.17) is 0 Å². The van der Waals surface area contributed by atoms with Crippen molar-refractivity contribution in [1.82, 2.24) is 10.6 Å². The Morgan fingerprint density at radius 3 is 2.92 bits per heavy atom. The monoisotopic (exact) mass is 166 g/mol. The van der Waals surface area contributed by atoms with E-state index in [1.54, 1.807) is 6.08 Å². The van der Waals surface area contributed by atoms with E-state index >= 15 is 0 Å². The lowest BCUT2D eigenvalue weighted by Gasteiger charge is -2.28. The standard InChI is InChI=1S/C9H14N2O/c1-2-3-11-8(12)7-4-9(7)5-10-6-9/h2,7,10H,1,3-6H2,(H,11,12). The van der Waals surface area contributed by atoms with Gasteiger partial charge in [0.2, 0.25) is 5.91 Å². The van der Waals surface area contributed by atoms with E-state index in [9.17, 15) is 4.79 Å². The normalized spacial score (nSPS) is 29.2. The minimum Gasteiger partial charge on any atom is -0.352 e. The van der Waals surface area contributed by atoms with E-state index in [1.807, 2.05) is 0 Å². The van der Waals surface area contributed by atoms with E-state index in [0.29, 0.717) is 12.0 Å². The van der Waals surface area contributed by atoms with Crippen molar-refractivity contribution in [3.8, 4) is 0 Å². The van der Waals surface area contributed by atoms with Crippen molar-refractivity contribution < 1.29 is 4.79 Å². The van der Waals surface area contributed by atoms with Gasteiger partial charge in [-0.05, 0) is 6.42 Å². The second-order valence-electron chi connectivity index (χ2n) is 3.76. The molecule has 66 valence electrons. The number of rotatable bonds is 3. The predicted octanol–water partition coefficient (Wildman–Crippen LogP) is -0.102. The molecule has 1 atom stereocenters. The van der Waals surface area contributed by atoms with Crippen molar-refractivity contribution in [2.24, 2.45) is 11.3 Å². The molecule has 1 saturated heterocycles. The first kappa shape index (κ1) is 7.80. The van der Waals surface area contributed by atoms with Crippen LogP contribution in [0.1, 0.15) is 6.42 Å². The summed E-state index contributed by atoms with van der Waals surface area (Å²) in [7, 11) is 0. The lowest BCUT2D eigenvalue weighted by Crippen LogP contribution is -2.47. The van der Waals surface area contributed by atoms with Gasteiger partial charge in [-0.1, -0.05) is 6.08 Å².